The van der Waals surface area contributed by atoms with Crippen molar-refractivity contribution in [3.05, 3.63) is 39.8 Å². The maximum Gasteiger partial charge on any atom is 0.268 e. The fourth-order valence-electron chi connectivity index (χ4n) is 2.03. The smallest absolute Gasteiger partial charge is 0.268 e. The Morgan fingerprint density at radius 3 is 3.00 bits per heavy atom. The van der Waals surface area contributed by atoms with Gasteiger partial charge in [-0.05, 0) is 44.1 Å². The van der Waals surface area contributed by atoms with Gasteiger partial charge in [-0.1, -0.05) is 13.0 Å². The first kappa shape index (κ1) is 16.9. The first-order chi connectivity index (χ1) is 10.9. The standard InChI is InChI=1S/C15H20N6OS/c1-4-10(3)18-12-11(8-17-20-15(16)23)14(22)21-7-5-6-9(2)13(21)19-12/h5-8,10,18H,4H2,1-3H3,(H3,16,20,23)/t10-/m1/s1. The van der Waals surface area contributed by atoms with Gasteiger partial charge in [-0.2, -0.15) is 5.10 Å². The molecular formula is C15H20N6OS. The number of hydrogen-bond donors (Lipinski definition) is 3. The lowest BCUT2D eigenvalue weighted by atomic mass is 10.2. The van der Waals surface area contributed by atoms with Gasteiger partial charge < -0.3 is 11.1 Å². The van der Waals surface area contributed by atoms with E-state index in [0.29, 0.717) is 17.0 Å². The number of fused-ring (bicyclic) bond motifs is 1. The molecule has 2 aromatic heterocycles. The summed E-state index contributed by atoms with van der Waals surface area (Å²) in [4.78, 5) is 17.3. The van der Waals surface area contributed by atoms with E-state index in [1.165, 1.54) is 10.6 Å². The number of nitrogens with one attached hydrogen (secondary N) is 2. The number of thiocarbonyl (C=S) groups is 1. The van der Waals surface area contributed by atoms with Crippen LogP contribution in [0.3, 0.4) is 0 Å². The van der Waals surface area contributed by atoms with Crippen molar-refractivity contribution < 1.29 is 0 Å². The first-order valence-electron chi connectivity index (χ1n) is 7.31. The van der Waals surface area contributed by atoms with E-state index < -0.39 is 0 Å². The van der Waals surface area contributed by atoms with Gasteiger partial charge in [0.25, 0.3) is 5.56 Å². The van der Waals surface area contributed by atoms with Gasteiger partial charge in [0.15, 0.2) is 5.11 Å². The molecule has 2 heterocycles. The van der Waals surface area contributed by atoms with E-state index in [-0.39, 0.29) is 16.7 Å². The minimum absolute atomic E-state index is 0.0300. The van der Waals surface area contributed by atoms with E-state index in [1.807, 2.05) is 19.9 Å². The molecule has 7 nitrogen and oxygen atoms in total. The highest BCUT2D eigenvalue weighted by Gasteiger charge is 2.13. The molecule has 0 bridgehead atoms. The number of pyridine rings is 1. The van der Waals surface area contributed by atoms with E-state index in [0.717, 1.165) is 12.0 Å². The molecule has 0 aliphatic rings. The third-order valence-electron chi connectivity index (χ3n) is 3.45. The maximum absolute atomic E-state index is 12.7. The van der Waals surface area contributed by atoms with Crippen LogP contribution in [-0.4, -0.2) is 26.8 Å². The average molecular weight is 332 g/mol. The molecule has 2 rings (SSSR count). The van der Waals surface area contributed by atoms with Gasteiger partial charge in [0.1, 0.15) is 17.0 Å². The third kappa shape index (κ3) is 3.84. The molecule has 0 aromatic carbocycles. The summed E-state index contributed by atoms with van der Waals surface area (Å²) in [6, 6.07) is 3.89. The zero-order chi connectivity index (χ0) is 17.0. The monoisotopic (exact) mass is 332 g/mol. The molecule has 0 aliphatic heterocycles. The Bertz CT molecular complexity index is 813. The molecule has 0 aliphatic carbocycles. The molecule has 0 radical (unpaired) electrons. The Kier molecular flexibility index (Phi) is 5.28. The molecule has 2 aromatic rings. The van der Waals surface area contributed by atoms with E-state index in [2.05, 4.69) is 27.8 Å². The van der Waals surface area contributed by atoms with Crippen LogP contribution in [0.5, 0.6) is 0 Å². The fourth-order valence-corrected chi connectivity index (χ4v) is 2.09. The number of nitrogens with zero attached hydrogens (tertiary/aromatic N) is 3. The Morgan fingerprint density at radius 2 is 2.35 bits per heavy atom. The molecule has 122 valence electrons. The normalized spacial score (nSPS) is 12.5. The van der Waals surface area contributed by atoms with Crippen molar-refractivity contribution in [1.82, 2.24) is 14.8 Å². The molecule has 0 fully saturated rings. The van der Waals surface area contributed by atoms with Crippen LogP contribution in [0, 0.1) is 6.92 Å². The van der Waals surface area contributed by atoms with Crippen LogP contribution in [0.15, 0.2) is 28.2 Å². The van der Waals surface area contributed by atoms with Crippen molar-refractivity contribution in [1.29, 1.82) is 0 Å². The van der Waals surface area contributed by atoms with Gasteiger partial charge in [0.2, 0.25) is 0 Å². The zero-order valence-electron chi connectivity index (χ0n) is 13.3. The third-order valence-corrected chi connectivity index (χ3v) is 3.54. The fraction of sp³-hybridized carbons (Fsp3) is 0.333. The number of hydrogen-bond acceptors (Lipinski definition) is 5. The predicted octanol–water partition coefficient (Wildman–Crippen LogP) is 1.38. The second kappa shape index (κ2) is 7.19. The number of anilines is 1. The van der Waals surface area contributed by atoms with Crippen molar-refractivity contribution >= 4 is 35.0 Å². The number of aromatic nitrogens is 2. The Hall–Kier alpha value is -2.48. The lowest BCUT2D eigenvalue weighted by molar-refractivity contribution is 0.758. The summed E-state index contributed by atoms with van der Waals surface area (Å²) in [5, 5.41) is 7.17. The minimum atomic E-state index is -0.210. The van der Waals surface area contributed by atoms with Gasteiger partial charge in [-0.15, -0.1) is 0 Å². The Morgan fingerprint density at radius 1 is 1.61 bits per heavy atom. The topological polar surface area (TPSA) is 96.8 Å². The largest absolute Gasteiger partial charge is 0.375 e. The van der Waals surface area contributed by atoms with Crippen molar-refractivity contribution in [2.24, 2.45) is 10.8 Å². The summed E-state index contributed by atoms with van der Waals surface area (Å²) in [5.74, 6) is 0.493. The predicted molar refractivity (Wildman–Crippen MR) is 97.1 cm³/mol. The van der Waals surface area contributed by atoms with Crippen LogP contribution in [0.2, 0.25) is 0 Å². The summed E-state index contributed by atoms with van der Waals surface area (Å²) in [6.07, 6.45) is 3.97. The number of aryl methyl sites for hydroxylation is 1. The van der Waals surface area contributed by atoms with Crippen molar-refractivity contribution in [3.63, 3.8) is 0 Å². The van der Waals surface area contributed by atoms with Gasteiger partial charge >= 0.3 is 0 Å². The Balaban J connectivity index is 2.62. The second-order valence-electron chi connectivity index (χ2n) is 5.25. The van der Waals surface area contributed by atoms with E-state index >= 15 is 0 Å². The van der Waals surface area contributed by atoms with Gasteiger partial charge in [-0.25, -0.2) is 4.98 Å². The number of hydrazone groups is 1. The van der Waals surface area contributed by atoms with Crippen LogP contribution in [-0.2, 0) is 0 Å². The van der Waals surface area contributed by atoms with Crippen molar-refractivity contribution in [2.45, 2.75) is 33.2 Å². The molecule has 0 saturated heterocycles. The molecule has 8 heteroatoms. The van der Waals surface area contributed by atoms with E-state index in [9.17, 15) is 4.79 Å². The lowest BCUT2D eigenvalue weighted by Gasteiger charge is -2.15. The SMILES string of the molecule is CC[C@@H](C)Nc1nc2c(C)cccn2c(=O)c1C=NNC(N)=S. The summed E-state index contributed by atoms with van der Waals surface area (Å²) in [5.41, 5.74) is 9.45. The van der Waals surface area contributed by atoms with E-state index in [1.54, 1.807) is 12.3 Å². The number of rotatable bonds is 5. The average Bonchev–Trinajstić information content (AvgIpc) is 2.51. The molecular weight excluding hydrogens is 312 g/mol. The highest BCUT2D eigenvalue weighted by Crippen LogP contribution is 2.13. The summed E-state index contributed by atoms with van der Waals surface area (Å²) < 4.78 is 1.50. The molecule has 0 unspecified atom stereocenters. The second-order valence-corrected chi connectivity index (χ2v) is 5.69. The van der Waals surface area contributed by atoms with Crippen LogP contribution >= 0.6 is 12.2 Å². The van der Waals surface area contributed by atoms with Crippen LogP contribution in [0.4, 0.5) is 5.82 Å². The maximum atomic E-state index is 12.7. The zero-order valence-corrected chi connectivity index (χ0v) is 14.1. The molecule has 1 atom stereocenters. The molecule has 4 N–H and O–H groups in total. The molecule has 0 saturated carbocycles. The van der Waals surface area contributed by atoms with Crippen molar-refractivity contribution in [3.8, 4) is 0 Å². The van der Waals surface area contributed by atoms with Crippen LogP contribution in [0.1, 0.15) is 31.4 Å². The Labute approximate surface area is 139 Å². The van der Waals surface area contributed by atoms with Gasteiger partial charge in [-0.3, -0.25) is 14.6 Å². The first-order valence-corrected chi connectivity index (χ1v) is 7.72. The molecule has 0 spiro atoms. The van der Waals surface area contributed by atoms with Crippen molar-refractivity contribution in [2.75, 3.05) is 5.32 Å². The van der Waals surface area contributed by atoms with Crippen LogP contribution < -0.4 is 22.0 Å². The summed E-state index contributed by atoms with van der Waals surface area (Å²) in [6.45, 7) is 5.99. The molecule has 0 amide bonds. The van der Waals surface area contributed by atoms with E-state index in [4.69, 9.17) is 18.0 Å². The quantitative estimate of drug-likeness (QED) is 0.435. The molecule has 23 heavy (non-hydrogen) atoms. The highest BCUT2D eigenvalue weighted by molar-refractivity contribution is 7.80. The van der Waals surface area contributed by atoms with Crippen LogP contribution in [0.25, 0.3) is 5.65 Å². The summed E-state index contributed by atoms with van der Waals surface area (Å²) in [7, 11) is 0. The summed E-state index contributed by atoms with van der Waals surface area (Å²) >= 11 is 4.70. The van der Waals surface area contributed by atoms with Gasteiger partial charge in [0.05, 0.1) is 6.21 Å². The lowest BCUT2D eigenvalue weighted by Crippen LogP contribution is -2.27. The number of nitrogens with two attached hydrogens (primary N) is 1. The highest BCUT2D eigenvalue weighted by atomic mass is 32.1. The van der Waals surface area contributed by atoms with Gasteiger partial charge in [0, 0.05) is 12.2 Å². The minimum Gasteiger partial charge on any atom is -0.375 e.